The first-order valence-electron chi connectivity index (χ1n) is 5.97. The molecule has 0 aliphatic carbocycles. The van der Waals surface area contributed by atoms with E-state index in [2.05, 4.69) is 4.98 Å². The maximum atomic E-state index is 14.0. The Morgan fingerprint density at radius 2 is 2.05 bits per heavy atom. The molecule has 4 nitrogen and oxygen atoms in total. The van der Waals surface area contributed by atoms with E-state index in [1.54, 1.807) is 0 Å². The number of amides is 1. The van der Waals surface area contributed by atoms with Crippen LogP contribution in [0.4, 0.5) is 10.1 Å². The Balaban J connectivity index is 2.00. The van der Waals surface area contributed by atoms with Crippen LogP contribution in [-0.4, -0.2) is 10.9 Å². The maximum absolute atomic E-state index is 14.0. The third kappa shape index (κ3) is 2.70. The number of rotatable bonds is 3. The van der Waals surface area contributed by atoms with Crippen molar-refractivity contribution in [3.8, 4) is 0 Å². The van der Waals surface area contributed by atoms with Crippen LogP contribution in [0.1, 0.15) is 10.4 Å². The van der Waals surface area contributed by atoms with Gasteiger partial charge in [-0.3, -0.25) is 4.79 Å². The molecule has 0 radical (unpaired) electrons. The van der Waals surface area contributed by atoms with Crippen molar-refractivity contribution in [2.75, 3.05) is 5.73 Å². The minimum absolute atomic E-state index is 0.0358. The first-order chi connectivity index (χ1) is 10.0. The van der Waals surface area contributed by atoms with E-state index >= 15 is 0 Å². The molecule has 0 spiro atoms. The number of hydrogen-bond acceptors (Lipinski definition) is 5. The van der Waals surface area contributed by atoms with E-state index in [1.165, 1.54) is 17.4 Å². The number of hydrogen-bond donors (Lipinski definition) is 2. The summed E-state index contributed by atoms with van der Waals surface area (Å²) in [5.41, 5.74) is 11.8. The standard InChI is InChI=1S/C14H10FN3OS2/c15-8-6-9(16)7(13(17)19)5-12(8)21-14-18-10-3-1-2-4-11(10)20-14/h1-6H,16H2,(H2,17,19). The summed E-state index contributed by atoms with van der Waals surface area (Å²) in [5.74, 6) is -1.18. The zero-order valence-corrected chi connectivity index (χ0v) is 12.3. The molecule has 3 rings (SSSR count). The average Bonchev–Trinajstić information content (AvgIpc) is 2.83. The summed E-state index contributed by atoms with van der Waals surface area (Å²) in [6.07, 6.45) is 0. The number of primary amides is 1. The fraction of sp³-hybridized carbons (Fsp3) is 0. The molecule has 2 aromatic carbocycles. The minimum atomic E-state index is -0.682. The topological polar surface area (TPSA) is 82.0 Å². The molecule has 4 N–H and O–H groups in total. The van der Waals surface area contributed by atoms with Gasteiger partial charge in [0, 0.05) is 5.69 Å². The third-order valence-electron chi connectivity index (χ3n) is 2.84. The second-order valence-corrected chi connectivity index (χ2v) is 6.60. The minimum Gasteiger partial charge on any atom is -0.398 e. The number of nitrogen functional groups attached to an aromatic ring is 1. The van der Waals surface area contributed by atoms with Gasteiger partial charge in [-0.2, -0.15) is 0 Å². The fourth-order valence-corrected chi connectivity index (χ4v) is 3.92. The SMILES string of the molecule is NC(=O)c1cc(Sc2nc3ccccc3s2)c(F)cc1N. The van der Waals surface area contributed by atoms with Crippen LogP contribution in [0, 0.1) is 5.82 Å². The van der Waals surface area contributed by atoms with Crippen molar-refractivity contribution >= 4 is 44.9 Å². The lowest BCUT2D eigenvalue weighted by Crippen LogP contribution is -2.14. The van der Waals surface area contributed by atoms with E-state index in [1.807, 2.05) is 24.3 Å². The summed E-state index contributed by atoms with van der Waals surface area (Å²) in [6.45, 7) is 0. The number of carbonyl (C=O) groups excluding carboxylic acids is 1. The van der Waals surface area contributed by atoms with Crippen molar-refractivity contribution in [2.24, 2.45) is 5.73 Å². The second-order valence-electron chi connectivity index (χ2n) is 4.28. The quantitative estimate of drug-likeness (QED) is 0.726. The van der Waals surface area contributed by atoms with Crippen molar-refractivity contribution < 1.29 is 9.18 Å². The highest BCUT2D eigenvalue weighted by Gasteiger charge is 2.14. The van der Waals surface area contributed by atoms with Gasteiger partial charge in [-0.05, 0) is 24.3 Å². The summed E-state index contributed by atoms with van der Waals surface area (Å²) in [5, 5.41) is 0. The lowest BCUT2D eigenvalue weighted by atomic mass is 10.1. The highest BCUT2D eigenvalue weighted by molar-refractivity contribution is 8.01. The molecule has 106 valence electrons. The molecule has 0 aliphatic rings. The Kier molecular flexibility index (Phi) is 3.52. The van der Waals surface area contributed by atoms with Gasteiger partial charge in [0.25, 0.3) is 5.91 Å². The average molecular weight is 319 g/mol. The van der Waals surface area contributed by atoms with Crippen LogP contribution in [-0.2, 0) is 0 Å². The highest BCUT2D eigenvalue weighted by atomic mass is 32.2. The lowest BCUT2D eigenvalue weighted by Gasteiger charge is -2.06. The number of thiazole rings is 1. The Morgan fingerprint density at radius 1 is 1.29 bits per heavy atom. The largest absolute Gasteiger partial charge is 0.398 e. The van der Waals surface area contributed by atoms with Crippen LogP contribution in [0.2, 0.25) is 0 Å². The molecule has 0 unspecified atom stereocenters. The van der Waals surface area contributed by atoms with Crippen molar-refractivity contribution in [2.45, 2.75) is 9.24 Å². The van der Waals surface area contributed by atoms with Crippen molar-refractivity contribution in [3.05, 3.63) is 47.8 Å². The van der Waals surface area contributed by atoms with Crippen molar-refractivity contribution in [3.63, 3.8) is 0 Å². The number of anilines is 1. The Bertz CT molecular complexity index is 814. The molecule has 1 amide bonds. The van der Waals surface area contributed by atoms with Gasteiger partial charge < -0.3 is 11.5 Å². The molecule has 3 aromatic rings. The van der Waals surface area contributed by atoms with Gasteiger partial charge in [-0.25, -0.2) is 9.37 Å². The molecule has 1 aromatic heterocycles. The molecule has 7 heteroatoms. The third-order valence-corrected chi connectivity index (χ3v) is 4.97. The van der Waals surface area contributed by atoms with E-state index in [9.17, 15) is 9.18 Å². The van der Waals surface area contributed by atoms with Gasteiger partial charge in [0.1, 0.15) is 5.82 Å². The van der Waals surface area contributed by atoms with Gasteiger partial charge in [-0.1, -0.05) is 23.9 Å². The second kappa shape index (κ2) is 5.34. The molecule has 1 heterocycles. The van der Waals surface area contributed by atoms with Crippen LogP contribution < -0.4 is 11.5 Å². The molecule has 0 saturated heterocycles. The molecule has 0 saturated carbocycles. The number of nitrogens with two attached hydrogens (primary N) is 2. The van der Waals surface area contributed by atoms with Crippen LogP contribution in [0.5, 0.6) is 0 Å². The van der Waals surface area contributed by atoms with Crippen molar-refractivity contribution in [1.29, 1.82) is 0 Å². The summed E-state index contributed by atoms with van der Waals surface area (Å²) < 4.78 is 15.7. The zero-order chi connectivity index (χ0) is 15.0. The Morgan fingerprint density at radius 3 is 2.76 bits per heavy atom. The van der Waals surface area contributed by atoms with Gasteiger partial charge in [0.15, 0.2) is 4.34 Å². The Hall–Kier alpha value is -2.12. The molecule has 21 heavy (non-hydrogen) atoms. The van der Waals surface area contributed by atoms with Gasteiger partial charge >= 0.3 is 0 Å². The predicted molar refractivity (Wildman–Crippen MR) is 83.1 cm³/mol. The van der Waals surface area contributed by atoms with E-state index in [0.717, 1.165) is 28.0 Å². The molecule has 0 aliphatic heterocycles. The number of fused-ring (bicyclic) bond motifs is 1. The lowest BCUT2D eigenvalue weighted by molar-refractivity contribution is 0.100. The zero-order valence-electron chi connectivity index (χ0n) is 10.7. The number of para-hydroxylation sites is 1. The van der Waals surface area contributed by atoms with Crippen LogP contribution in [0.25, 0.3) is 10.2 Å². The number of nitrogens with zero attached hydrogens (tertiary/aromatic N) is 1. The first-order valence-corrected chi connectivity index (χ1v) is 7.60. The highest BCUT2D eigenvalue weighted by Crippen LogP contribution is 2.36. The van der Waals surface area contributed by atoms with E-state index in [-0.39, 0.29) is 16.1 Å². The van der Waals surface area contributed by atoms with E-state index in [4.69, 9.17) is 11.5 Å². The van der Waals surface area contributed by atoms with Crippen LogP contribution in [0.3, 0.4) is 0 Å². The van der Waals surface area contributed by atoms with Crippen LogP contribution >= 0.6 is 23.1 Å². The summed E-state index contributed by atoms with van der Waals surface area (Å²) in [6, 6.07) is 10.1. The summed E-state index contributed by atoms with van der Waals surface area (Å²) in [4.78, 5) is 16.0. The number of aromatic nitrogens is 1. The summed E-state index contributed by atoms with van der Waals surface area (Å²) in [7, 11) is 0. The van der Waals surface area contributed by atoms with Gasteiger partial charge in [0.05, 0.1) is 20.7 Å². The summed E-state index contributed by atoms with van der Waals surface area (Å²) >= 11 is 2.61. The monoisotopic (exact) mass is 319 g/mol. The van der Waals surface area contributed by atoms with Gasteiger partial charge in [-0.15, -0.1) is 11.3 Å². The number of halogens is 1. The van der Waals surface area contributed by atoms with Crippen LogP contribution in [0.15, 0.2) is 45.6 Å². The molecular formula is C14H10FN3OS2. The predicted octanol–water partition coefficient (Wildman–Crippen LogP) is 3.27. The normalized spacial score (nSPS) is 10.9. The maximum Gasteiger partial charge on any atom is 0.250 e. The fourth-order valence-electron chi connectivity index (χ4n) is 1.85. The Labute approximate surface area is 128 Å². The molecule has 0 bridgehead atoms. The number of benzene rings is 2. The molecular weight excluding hydrogens is 309 g/mol. The van der Waals surface area contributed by atoms with Gasteiger partial charge in [0.2, 0.25) is 0 Å². The van der Waals surface area contributed by atoms with Crippen molar-refractivity contribution in [1.82, 2.24) is 4.98 Å². The molecule has 0 atom stereocenters. The smallest absolute Gasteiger partial charge is 0.250 e. The first kappa shape index (κ1) is 13.8. The molecule has 0 fully saturated rings. The van der Waals surface area contributed by atoms with E-state index < -0.39 is 11.7 Å². The number of carbonyl (C=O) groups is 1. The van der Waals surface area contributed by atoms with E-state index in [0.29, 0.717) is 4.34 Å².